The molecule has 0 saturated carbocycles. The van der Waals surface area contributed by atoms with Crippen LogP contribution in [0.25, 0.3) is 0 Å². The smallest absolute Gasteiger partial charge is 0.326 e. The number of carbonyl (C=O) groups is 2. The molecule has 0 aliphatic heterocycles. The second-order valence-electron chi connectivity index (χ2n) is 3.18. The van der Waals surface area contributed by atoms with Crippen molar-refractivity contribution in [3.05, 3.63) is 18.4 Å². The Balaban J connectivity index is 2.54. The molecule has 0 bridgehead atoms. The van der Waals surface area contributed by atoms with Crippen molar-refractivity contribution < 1.29 is 19.1 Å². The molecule has 0 saturated heterocycles. The van der Waals surface area contributed by atoms with Crippen LogP contribution in [-0.2, 0) is 16.0 Å². The summed E-state index contributed by atoms with van der Waals surface area (Å²) in [4.78, 5) is 25.8. The third kappa shape index (κ3) is 3.70. The van der Waals surface area contributed by atoms with Gasteiger partial charge in [-0.2, -0.15) is 0 Å². The number of rotatable bonds is 6. The Hall–Kier alpha value is -1.89. The average Bonchev–Trinajstić information content (AvgIpc) is 2.69. The largest absolute Gasteiger partial charge is 0.480 e. The second-order valence-corrected chi connectivity index (χ2v) is 3.18. The van der Waals surface area contributed by atoms with E-state index >= 15 is 0 Å². The third-order valence-corrected chi connectivity index (χ3v) is 1.90. The lowest BCUT2D eigenvalue weighted by Gasteiger charge is -2.12. The molecule has 0 aliphatic rings. The van der Waals surface area contributed by atoms with Gasteiger partial charge in [0.1, 0.15) is 12.3 Å². The molecule has 1 atom stereocenters. The monoisotopic (exact) mass is 227 g/mol. The van der Waals surface area contributed by atoms with Crippen LogP contribution in [-0.4, -0.2) is 34.6 Å². The summed E-state index contributed by atoms with van der Waals surface area (Å²) in [7, 11) is 0. The predicted molar refractivity (Wildman–Crippen MR) is 53.4 cm³/mol. The van der Waals surface area contributed by atoms with Crippen LogP contribution in [0.15, 0.2) is 17.1 Å². The Morgan fingerprint density at radius 1 is 1.62 bits per heavy atom. The molecule has 0 aliphatic carbocycles. The topological polar surface area (TPSA) is 118 Å². The molecule has 0 aromatic carbocycles. The van der Waals surface area contributed by atoms with E-state index in [1.54, 1.807) is 0 Å². The fourth-order valence-electron chi connectivity index (χ4n) is 1.15. The minimum atomic E-state index is -1.12. The van der Waals surface area contributed by atoms with Gasteiger partial charge in [0, 0.05) is 19.4 Å². The Morgan fingerprint density at radius 2 is 2.38 bits per heavy atom. The first-order chi connectivity index (χ1) is 7.63. The highest BCUT2D eigenvalue weighted by atomic mass is 16.4. The summed E-state index contributed by atoms with van der Waals surface area (Å²) in [5.74, 6) is -1.51. The zero-order chi connectivity index (χ0) is 12.0. The van der Waals surface area contributed by atoms with E-state index in [1.165, 1.54) is 12.7 Å². The predicted octanol–water partition coefficient (Wildman–Crippen LogP) is -0.865. The maximum atomic E-state index is 11.2. The standard InChI is InChI=1S/C9H13N3O4/c10-2-1-8(13)12-7(9(14)15)3-6-4-16-5-11-6/h4-5,7H,1-3,10H2,(H,12,13)(H,14,15)/t7-/m0/s1. The number of nitrogens with one attached hydrogen (secondary N) is 1. The molecule has 1 aromatic heterocycles. The summed E-state index contributed by atoms with van der Waals surface area (Å²) in [6, 6.07) is -1.01. The third-order valence-electron chi connectivity index (χ3n) is 1.90. The fourth-order valence-corrected chi connectivity index (χ4v) is 1.15. The number of carbonyl (C=O) groups excluding carboxylic acids is 1. The van der Waals surface area contributed by atoms with Crippen molar-refractivity contribution in [3.63, 3.8) is 0 Å². The summed E-state index contributed by atoms with van der Waals surface area (Å²) < 4.78 is 4.71. The molecule has 1 heterocycles. The lowest BCUT2D eigenvalue weighted by atomic mass is 10.1. The second kappa shape index (κ2) is 5.86. The van der Waals surface area contributed by atoms with E-state index < -0.39 is 17.9 Å². The first kappa shape index (κ1) is 12.2. The van der Waals surface area contributed by atoms with Crippen LogP contribution < -0.4 is 11.1 Å². The number of oxazole rings is 1. The molecule has 16 heavy (non-hydrogen) atoms. The van der Waals surface area contributed by atoms with E-state index in [0.29, 0.717) is 5.69 Å². The lowest BCUT2D eigenvalue weighted by molar-refractivity contribution is -0.141. The molecule has 0 fully saturated rings. The number of amides is 1. The van der Waals surface area contributed by atoms with E-state index in [1.807, 2.05) is 0 Å². The first-order valence-corrected chi connectivity index (χ1v) is 4.72. The highest BCUT2D eigenvalue weighted by Crippen LogP contribution is 2.00. The van der Waals surface area contributed by atoms with Crippen molar-refractivity contribution in [3.8, 4) is 0 Å². The number of aliphatic carboxylic acids is 1. The number of hydrogen-bond donors (Lipinski definition) is 3. The summed E-state index contributed by atoms with van der Waals surface area (Å²) in [6.07, 6.45) is 2.73. The van der Waals surface area contributed by atoms with Gasteiger partial charge in [-0.3, -0.25) is 4.79 Å². The van der Waals surface area contributed by atoms with Crippen molar-refractivity contribution in [2.24, 2.45) is 5.73 Å². The number of aromatic nitrogens is 1. The molecule has 0 spiro atoms. The van der Waals surface area contributed by atoms with Crippen molar-refractivity contribution >= 4 is 11.9 Å². The summed E-state index contributed by atoms with van der Waals surface area (Å²) >= 11 is 0. The van der Waals surface area contributed by atoms with Gasteiger partial charge in [0.2, 0.25) is 5.91 Å². The zero-order valence-electron chi connectivity index (χ0n) is 8.55. The average molecular weight is 227 g/mol. The highest BCUT2D eigenvalue weighted by Gasteiger charge is 2.20. The molecule has 88 valence electrons. The number of carboxylic acid groups (broad SMARTS) is 1. The molecule has 1 aromatic rings. The van der Waals surface area contributed by atoms with Gasteiger partial charge >= 0.3 is 5.97 Å². The lowest BCUT2D eigenvalue weighted by Crippen LogP contribution is -2.42. The van der Waals surface area contributed by atoms with Gasteiger partial charge in [0.25, 0.3) is 0 Å². The van der Waals surface area contributed by atoms with Gasteiger partial charge in [-0.15, -0.1) is 0 Å². The van der Waals surface area contributed by atoms with Gasteiger partial charge < -0.3 is 20.6 Å². The number of hydrogen-bond acceptors (Lipinski definition) is 5. The van der Waals surface area contributed by atoms with Crippen LogP contribution in [0.2, 0.25) is 0 Å². The molecule has 7 heteroatoms. The van der Waals surface area contributed by atoms with Crippen molar-refractivity contribution in [2.45, 2.75) is 18.9 Å². The SMILES string of the molecule is NCCC(=O)N[C@@H](Cc1cocn1)C(=O)O. The minimum absolute atomic E-state index is 0.0855. The van der Waals surface area contributed by atoms with Crippen LogP contribution in [0.4, 0.5) is 0 Å². The van der Waals surface area contributed by atoms with E-state index in [-0.39, 0.29) is 19.4 Å². The van der Waals surface area contributed by atoms with Crippen molar-refractivity contribution in [1.82, 2.24) is 10.3 Å². The molecule has 7 nitrogen and oxygen atoms in total. The quantitative estimate of drug-likeness (QED) is 0.581. The molecule has 0 radical (unpaired) electrons. The maximum Gasteiger partial charge on any atom is 0.326 e. The Morgan fingerprint density at radius 3 is 2.88 bits per heavy atom. The van der Waals surface area contributed by atoms with Gasteiger partial charge in [0.05, 0.1) is 5.69 Å². The maximum absolute atomic E-state index is 11.2. The molecule has 1 rings (SSSR count). The van der Waals surface area contributed by atoms with Crippen LogP contribution in [0.3, 0.4) is 0 Å². The van der Waals surface area contributed by atoms with Crippen LogP contribution in [0.5, 0.6) is 0 Å². The molecule has 1 amide bonds. The fraction of sp³-hybridized carbons (Fsp3) is 0.444. The molecular weight excluding hydrogens is 214 g/mol. The van der Waals surface area contributed by atoms with E-state index in [0.717, 1.165) is 0 Å². The first-order valence-electron chi connectivity index (χ1n) is 4.72. The van der Waals surface area contributed by atoms with Gasteiger partial charge in [-0.05, 0) is 0 Å². The van der Waals surface area contributed by atoms with E-state index in [2.05, 4.69) is 10.3 Å². The summed E-state index contributed by atoms with van der Waals surface area (Å²) in [6.45, 7) is 0.183. The minimum Gasteiger partial charge on any atom is -0.480 e. The van der Waals surface area contributed by atoms with Crippen molar-refractivity contribution in [1.29, 1.82) is 0 Å². The molecular formula is C9H13N3O4. The van der Waals surface area contributed by atoms with Crippen molar-refractivity contribution in [2.75, 3.05) is 6.54 Å². The normalized spacial score (nSPS) is 12.1. The summed E-state index contributed by atoms with van der Waals surface area (Å²) in [5, 5.41) is 11.2. The van der Waals surface area contributed by atoms with Crippen LogP contribution in [0.1, 0.15) is 12.1 Å². The Labute approximate surface area is 91.6 Å². The highest BCUT2D eigenvalue weighted by molar-refractivity contribution is 5.83. The summed E-state index contributed by atoms with van der Waals surface area (Å²) in [5.41, 5.74) is 5.65. The number of carboxylic acids is 1. The van der Waals surface area contributed by atoms with E-state index in [9.17, 15) is 9.59 Å². The zero-order valence-corrected chi connectivity index (χ0v) is 8.55. The van der Waals surface area contributed by atoms with Gasteiger partial charge in [-0.25, -0.2) is 9.78 Å². The van der Waals surface area contributed by atoms with E-state index in [4.69, 9.17) is 15.3 Å². The number of nitrogens with zero attached hydrogens (tertiary/aromatic N) is 1. The Kier molecular flexibility index (Phi) is 4.46. The van der Waals surface area contributed by atoms with Crippen LogP contribution in [0, 0.1) is 0 Å². The van der Waals surface area contributed by atoms with Gasteiger partial charge in [0.15, 0.2) is 6.39 Å². The molecule has 4 N–H and O–H groups in total. The van der Waals surface area contributed by atoms with Crippen LogP contribution >= 0.6 is 0 Å². The number of nitrogens with two attached hydrogens (primary N) is 1. The molecule has 0 unspecified atom stereocenters. The Bertz CT molecular complexity index is 350. The van der Waals surface area contributed by atoms with Gasteiger partial charge in [-0.1, -0.05) is 0 Å².